The van der Waals surface area contributed by atoms with Gasteiger partial charge in [0.2, 0.25) is 0 Å². The number of terminal acetylenes is 1. The van der Waals surface area contributed by atoms with Gasteiger partial charge < -0.3 is 4.74 Å². The van der Waals surface area contributed by atoms with Crippen LogP contribution in [0.3, 0.4) is 0 Å². The van der Waals surface area contributed by atoms with Crippen molar-refractivity contribution < 1.29 is 9.53 Å². The van der Waals surface area contributed by atoms with Gasteiger partial charge in [-0.1, -0.05) is 5.92 Å². The van der Waals surface area contributed by atoms with Gasteiger partial charge in [0.05, 0.1) is 11.3 Å². The summed E-state index contributed by atoms with van der Waals surface area (Å²) in [5.74, 6) is 2.44. The maximum atomic E-state index is 11.6. The minimum Gasteiger partial charge on any atom is -0.444 e. The van der Waals surface area contributed by atoms with Crippen LogP contribution in [0, 0.1) is 23.7 Å². The second-order valence-corrected chi connectivity index (χ2v) is 4.64. The maximum absolute atomic E-state index is 11.6. The van der Waals surface area contributed by atoms with Gasteiger partial charge in [0, 0.05) is 5.56 Å². The van der Waals surface area contributed by atoms with E-state index in [2.05, 4.69) is 11.2 Å². The number of nitrogens with zero attached hydrogens (tertiary/aromatic N) is 1. The summed E-state index contributed by atoms with van der Waals surface area (Å²) in [6.45, 7) is 5.28. The molecule has 0 aliphatic heterocycles. The second kappa shape index (κ2) is 5.25. The van der Waals surface area contributed by atoms with Crippen molar-refractivity contribution in [1.29, 1.82) is 5.26 Å². The molecule has 1 amide bonds. The third-order valence-corrected chi connectivity index (χ3v) is 1.94. The minimum atomic E-state index is -0.617. The predicted octanol–water partition coefficient (Wildman–Crippen LogP) is 2.89. The SMILES string of the molecule is C#Cc1ccc(C#N)c(NC(=O)OC(C)(C)C)c1. The highest BCUT2D eigenvalue weighted by Crippen LogP contribution is 2.18. The number of amides is 1. The van der Waals surface area contributed by atoms with Crippen LogP contribution < -0.4 is 5.32 Å². The summed E-state index contributed by atoms with van der Waals surface area (Å²) < 4.78 is 5.10. The van der Waals surface area contributed by atoms with Gasteiger partial charge in [0.25, 0.3) is 0 Å². The zero-order valence-corrected chi connectivity index (χ0v) is 10.6. The first-order valence-electron chi connectivity index (χ1n) is 5.36. The Morgan fingerprint density at radius 3 is 2.61 bits per heavy atom. The summed E-state index contributed by atoms with van der Waals surface area (Å²) in [6, 6.07) is 6.73. The van der Waals surface area contributed by atoms with Gasteiger partial charge in [-0.05, 0) is 39.0 Å². The van der Waals surface area contributed by atoms with Gasteiger partial charge in [0.15, 0.2) is 0 Å². The molecule has 0 fully saturated rings. The molecule has 92 valence electrons. The molecule has 0 saturated carbocycles. The fourth-order valence-electron chi connectivity index (χ4n) is 1.25. The fourth-order valence-corrected chi connectivity index (χ4v) is 1.25. The number of carbonyl (C=O) groups is 1. The highest BCUT2D eigenvalue weighted by atomic mass is 16.6. The molecule has 4 nitrogen and oxygen atoms in total. The average molecular weight is 242 g/mol. The quantitative estimate of drug-likeness (QED) is 0.770. The van der Waals surface area contributed by atoms with E-state index in [1.54, 1.807) is 39.0 Å². The summed E-state index contributed by atoms with van der Waals surface area (Å²) >= 11 is 0. The van der Waals surface area contributed by atoms with Crippen LogP contribution in [-0.2, 0) is 4.74 Å². The van der Waals surface area contributed by atoms with E-state index in [0.717, 1.165) is 0 Å². The number of hydrogen-bond donors (Lipinski definition) is 1. The number of anilines is 1. The lowest BCUT2D eigenvalue weighted by Crippen LogP contribution is -2.27. The first kappa shape index (κ1) is 13.6. The maximum Gasteiger partial charge on any atom is 0.412 e. The summed E-state index contributed by atoms with van der Waals surface area (Å²) in [6.07, 6.45) is 4.65. The van der Waals surface area contributed by atoms with E-state index in [4.69, 9.17) is 16.4 Å². The number of nitrogens with one attached hydrogen (secondary N) is 1. The Labute approximate surface area is 107 Å². The van der Waals surface area contributed by atoms with Crippen molar-refractivity contribution in [1.82, 2.24) is 0 Å². The van der Waals surface area contributed by atoms with Crippen LogP contribution >= 0.6 is 0 Å². The number of ether oxygens (including phenoxy) is 1. The van der Waals surface area contributed by atoms with Crippen LogP contribution in [0.15, 0.2) is 18.2 Å². The molecule has 0 spiro atoms. The molecule has 1 aromatic carbocycles. The number of benzene rings is 1. The molecule has 0 radical (unpaired) electrons. The smallest absolute Gasteiger partial charge is 0.412 e. The Morgan fingerprint density at radius 2 is 2.11 bits per heavy atom. The van der Waals surface area contributed by atoms with Crippen LogP contribution in [-0.4, -0.2) is 11.7 Å². The van der Waals surface area contributed by atoms with Crippen molar-refractivity contribution in [3.63, 3.8) is 0 Å². The zero-order chi connectivity index (χ0) is 13.8. The first-order valence-corrected chi connectivity index (χ1v) is 5.36. The van der Waals surface area contributed by atoms with Crippen molar-refractivity contribution in [2.45, 2.75) is 26.4 Å². The van der Waals surface area contributed by atoms with E-state index in [1.165, 1.54) is 0 Å². The molecule has 1 rings (SSSR count). The third kappa shape index (κ3) is 3.84. The Bertz CT molecular complexity index is 542. The second-order valence-electron chi connectivity index (χ2n) is 4.64. The minimum absolute atomic E-state index is 0.333. The molecule has 1 aromatic rings. The number of hydrogen-bond acceptors (Lipinski definition) is 3. The Kier molecular flexibility index (Phi) is 3.97. The number of nitriles is 1. The number of rotatable bonds is 1. The standard InChI is InChI=1S/C14H14N2O2/c1-5-10-6-7-11(9-15)12(8-10)16-13(17)18-14(2,3)4/h1,6-8H,2-4H3,(H,16,17). The van der Waals surface area contributed by atoms with E-state index in [9.17, 15) is 4.79 Å². The molecule has 4 heteroatoms. The van der Waals surface area contributed by atoms with Gasteiger partial charge in [-0.3, -0.25) is 5.32 Å². The zero-order valence-electron chi connectivity index (χ0n) is 10.6. The van der Waals surface area contributed by atoms with Crippen molar-refractivity contribution in [3.05, 3.63) is 29.3 Å². The van der Waals surface area contributed by atoms with E-state index in [0.29, 0.717) is 16.8 Å². The van der Waals surface area contributed by atoms with Gasteiger partial charge in [-0.25, -0.2) is 4.79 Å². The lowest BCUT2D eigenvalue weighted by atomic mass is 10.1. The molecule has 0 atom stereocenters. The largest absolute Gasteiger partial charge is 0.444 e. The fraction of sp³-hybridized carbons (Fsp3) is 0.286. The lowest BCUT2D eigenvalue weighted by Gasteiger charge is -2.20. The van der Waals surface area contributed by atoms with Gasteiger partial charge in [-0.15, -0.1) is 6.42 Å². The van der Waals surface area contributed by atoms with Crippen molar-refractivity contribution in [3.8, 4) is 18.4 Å². The van der Waals surface area contributed by atoms with Gasteiger partial charge in [0.1, 0.15) is 11.7 Å². The van der Waals surface area contributed by atoms with Crippen molar-refractivity contribution in [2.24, 2.45) is 0 Å². The van der Waals surface area contributed by atoms with E-state index < -0.39 is 11.7 Å². The summed E-state index contributed by atoms with van der Waals surface area (Å²) in [4.78, 5) is 11.6. The summed E-state index contributed by atoms with van der Waals surface area (Å²) in [7, 11) is 0. The van der Waals surface area contributed by atoms with Crippen molar-refractivity contribution in [2.75, 3.05) is 5.32 Å². The first-order chi connectivity index (χ1) is 8.35. The Morgan fingerprint density at radius 1 is 1.44 bits per heavy atom. The molecular formula is C14H14N2O2. The molecule has 1 N–H and O–H groups in total. The third-order valence-electron chi connectivity index (χ3n) is 1.94. The summed E-state index contributed by atoms with van der Waals surface area (Å²) in [5, 5.41) is 11.4. The molecule has 0 aromatic heterocycles. The molecule has 18 heavy (non-hydrogen) atoms. The topological polar surface area (TPSA) is 62.1 Å². The van der Waals surface area contributed by atoms with Crippen LogP contribution in [0.25, 0.3) is 0 Å². The molecule has 0 aliphatic rings. The van der Waals surface area contributed by atoms with Crippen LogP contribution in [0.2, 0.25) is 0 Å². The van der Waals surface area contributed by atoms with E-state index >= 15 is 0 Å². The van der Waals surface area contributed by atoms with Gasteiger partial charge >= 0.3 is 6.09 Å². The Hall–Kier alpha value is -2.46. The monoisotopic (exact) mass is 242 g/mol. The molecule has 0 unspecified atom stereocenters. The van der Waals surface area contributed by atoms with Crippen molar-refractivity contribution >= 4 is 11.8 Å². The normalized spacial score (nSPS) is 10.1. The molecule has 0 heterocycles. The lowest BCUT2D eigenvalue weighted by molar-refractivity contribution is 0.0636. The molecule has 0 saturated heterocycles. The molecule has 0 bridgehead atoms. The summed E-state index contributed by atoms with van der Waals surface area (Å²) in [5.41, 5.74) is 0.669. The molecule has 0 aliphatic carbocycles. The molecular weight excluding hydrogens is 228 g/mol. The van der Waals surface area contributed by atoms with E-state index in [1.807, 2.05) is 6.07 Å². The van der Waals surface area contributed by atoms with Crippen LogP contribution in [0.1, 0.15) is 31.9 Å². The van der Waals surface area contributed by atoms with Gasteiger partial charge in [-0.2, -0.15) is 5.26 Å². The predicted molar refractivity (Wildman–Crippen MR) is 68.9 cm³/mol. The average Bonchev–Trinajstić information content (AvgIpc) is 2.26. The van der Waals surface area contributed by atoms with Crippen LogP contribution in [0.5, 0.6) is 0 Å². The van der Waals surface area contributed by atoms with E-state index in [-0.39, 0.29) is 0 Å². The highest BCUT2D eigenvalue weighted by molar-refractivity contribution is 5.87. The highest BCUT2D eigenvalue weighted by Gasteiger charge is 2.17. The van der Waals surface area contributed by atoms with Crippen LogP contribution in [0.4, 0.5) is 10.5 Å². The number of carbonyl (C=O) groups excluding carboxylic acids is 1. The Balaban J connectivity index is 2.94.